The summed E-state index contributed by atoms with van der Waals surface area (Å²) < 4.78 is 0. The van der Waals surface area contributed by atoms with Crippen molar-refractivity contribution in [3.63, 3.8) is 0 Å². The zero-order valence-electron chi connectivity index (χ0n) is 32.0. The molecular formula is C51H47N5. The van der Waals surface area contributed by atoms with Crippen molar-refractivity contribution < 1.29 is 0 Å². The van der Waals surface area contributed by atoms with Crippen molar-refractivity contribution in [1.82, 2.24) is 10.2 Å². The second-order valence-electron chi connectivity index (χ2n) is 14.9. The second-order valence-corrected chi connectivity index (χ2v) is 14.9. The fraction of sp³-hybridized carbons (Fsp3) is 0.157. The molecule has 56 heavy (non-hydrogen) atoms. The number of rotatable bonds is 10. The van der Waals surface area contributed by atoms with Gasteiger partial charge >= 0.3 is 0 Å². The molecule has 0 radical (unpaired) electrons. The SMILES string of the molecule is CNC(c1ccccc1)N(C)/C(=N\Cc1ccc(-c2ccc(CC3c4c(c5c(c6ccccc46)NCC=C5)N[C@@H]3c3ccccc3)cc2)cc1)c1ccccc1. The van der Waals surface area contributed by atoms with E-state index in [9.17, 15) is 0 Å². The Morgan fingerprint density at radius 3 is 1.98 bits per heavy atom. The van der Waals surface area contributed by atoms with Crippen LogP contribution in [0.15, 0.2) is 175 Å². The van der Waals surface area contributed by atoms with Crippen molar-refractivity contribution in [2.45, 2.75) is 31.1 Å². The quantitative estimate of drug-likeness (QED) is 0.0745. The molecule has 0 saturated heterocycles. The van der Waals surface area contributed by atoms with Crippen LogP contribution in [0, 0.1) is 0 Å². The fourth-order valence-corrected chi connectivity index (χ4v) is 8.73. The molecule has 3 atom stereocenters. The molecule has 276 valence electrons. The summed E-state index contributed by atoms with van der Waals surface area (Å²) in [7, 11) is 4.11. The van der Waals surface area contributed by atoms with E-state index in [0.29, 0.717) is 6.54 Å². The first-order valence-electron chi connectivity index (χ1n) is 19.7. The van der Waals surface area contributed by atoms with Crippen molar-refractivity contribution in [3.8, 4) is 11.1 Å². The van der Waals surface area contributed by atoms with Gasteiger partial charge in [0.15, 0.2) is 0 Å². The predicted octanol–water partition coefficient (Wildman–Crippen LogP) is 11.2. The summed E-state index contributed by atoms with van der Waals surface area (Å²) in [5.74, 6) is 1.23. The van der Waals surface area contributed by atoms with Crippen molar-refractivity contribution in [2.75, 3.05) is 31.3 Å². The molecule has 0 fully saturated rings. The van der Waals surface area contributed by atoms with E-state index in [-0.39, 0.29) is 18.1 Å². The first kappa shape index (κ1) is 35.3. The zero-order chi connectivity index (χ0) is 37.8. The largest absolute Gasteiger partial charge is 0.381 e. The van der Waals surface area contributed by atoms with Crippen molar-refractivity contribution in [2.24, 2.45) is 4.99 Å². The monoisotopic (exact) mass is 729 g/mol. The van der Waals surface area contributed by atoms with Gasteiger partial charge in [0.05, 0.1) is 18.3 Å². The van der Waals surface area contributed by atoms with E-state index in [4.69, 9.17) is 4.99 Å². The lowest BCUT2D eigenvalue weighted by atomic mass is 9.82. The number of aliphatic imine (C=N–C) groups is 1. The molecule has 0 saturated carbocycles. The number of hydrogen-bond acceptors (Lipinski definition) is 4. The van der Waals surface area contributed by atoms with E-state index in [1.54, 1.807) is 0 Å². The lowest BCUT2D eigenvalue weighted by Crippen LogP contribution is -2.38. The number of fused-ring (bicyclic) bond motifs is 6. The maximum atomic E-state index is 5.20. The van der Waals surface area contributed by atoms with E-state index in [2.05, 4.69) is 204 Å². The molecule has 2 heterocycles. The minimum absolute atomic E-state index is 0.0106. The van der Waals surface area contributed by atoms with Crippen LogP contribution in [0.1, 0.15) is 57.1 Å². The van der Waals surface area contributed by atoms with Gasteiger partial charge in [0.1, 0.15) is 12.0 Å². The van der Waals surface area contributed by atoms with Crippen LogP contribution in [0.25, 0.3) is 28.0 Å². The molecular weight excluding hydrogens is 683 g/mol. The van der Waals surface area contributed by atoms with Crippen molar-refractivity contribution in [3.05, 3.63) is 209 Å². The number of amidine groups is 1. The normalized spacial score (nSPS) is 16.4. The van der Waals surface area contributed by atoms with Gasteiger partial charge in [0.25, 0.3) is 0 Å². The summed E-state index contributed by atoms with van der Waals surface area (Å²) in [6.45, 7) is 1.44. The summed E-state index contributed by atoms with van der Waals surface area (Å²) in [6.07, 6.45) is 5.46. The molecule has 2 aliphatic rings. The van der Waals surface area contributed by atoms with Crippen LogP contribution in [0.2, 0.25) is 0 Å². The molecule has 0 bridgehead atoms. The van der Waals surface area contributed by atoms with Gasteiger partial charge in [-0.1, -0.05) is 176 Å². The number of nitrogens with zero attached hydrogens (tertiary/aromatic N) is 2. The average molecular weight is 730 g/mol. The molecule has 7 aromatic rings. The fourth-order valence-electron chi connectivity index (χ4n) is 8.73. The molecule has 0 spiro atoms. The smallest absolute Gasteiger partial charge is 0.132 e. The predicted molar refractivity (Wildman–Crippen MR) is 235 cm³/mol. The Hall–Kier alpha value is -6.43. The minimum atomic E-state index is -0.0106. The molecule has 0 aliphatic carbocycles. The van der Waals surface area contributed by atoms with E-state index >= 15 is 0 Å². The molecule has 0 aromatic heterocycles. The highest BCUT2D eigenvalue weighted by Crippen LogP contribution is 2.53. The highest BCUT2D eigenvalue weighted by atomic mass is 15.3. The van der Waals surface area contributed by atoms with Gasteiger partial charge in [-0.3, -0.25) is 10.3 Å². The lowest BCUT2D eigenvalue weighted by Gasteiger charge is -2.31. The molecule has 2 aliphatic heterocycles. The number of nitrogens with one attached hydrogen (secondary N) is 3. The van der Waals surface area contributed by atoms with Gasteiger partial charge < -0.3 is 15.5 Å². The molecule has 7 aromatic carbocycles. The van der Waals surface area contributed by atoms with E-state index in [0.717, 1.165) is 24.4 Å². The first-order valence-corrected chi connectivity index (χ1v) is 19.7. The van der Waals surface area contributed by atoms with Crippen LogP contribution < -0.4 is 16.0 Å². The van der Waals surface area contributed by atoms with Crippen LogP contribution in [0.5, 0.6) is 0 Å². The van der Waals surface area contributed by atoms with Crippen LogP contribution in [0.3, 0.4) is 0 Å². The summed E-state index contributed by atoms with van der Waals surface area (Å²) in [5.41, 5.74) is 13.7. The molecule has 5 nitrogen and oxygen atoms in total. The molecule has 2 unspecified atom stereocenters. The van der Waals surface area contributed by atoms with E-state index in [1.165, 1.54) is 66.7 Å². The summed E-state index contributed by atoms with van der Waals surface area (Å²) in [5, 5.41) is 13.8. The maximum Gasteiger partial charge on any atom is 0.132 e. The van der Waals surface area contributed by atoms with Gasteiger partial charge in [-0.25, -0.2) is 0 Å². The first-order chi connectivity index (χ1) is 27.7. The Morgan fingerprint density at radius 1 is 0.696 bits per heavy atom. The zero-order valence-corrected chi connectivity index (χ0v) is 32.0. The topological polar surface area (TPSA) is 51.7 Å². The van der Waals surface area contributed by atoms with Gasteiger partial charge in [-0.2, -0.15) is 0 Å². The molecule has 5 heteroatoms. The molecule has 9 rings (SSSR count). The number of hydrogen-bond donors (Lipinski definition) is 3. The Kier molecular flexibility index (Phi) is 9.92. The third kappa shape index (κ3) is 6.87. The van der Waals surface area contributed by atoms with Gasteiger partial charge in [0, 0.05) is 41.7 Å². The van der Waals surface area contributed by atoms with Crippen molar-refractivity contribution >= 4 is 34.1 Å². The van der Waals surface area contributed by atoms with Gasteiger partial charge in [-0.05, 0) is 57.8 Å². The Bertz CT molecular complexity index is 2490. The number of benzene rings is 7. The lowest BCUT2D eigenvalue weighted by molar-refractivity contribution is 0.331. The van der Waals surface area contributed by atoms with Crippen LogP contribution >= 0.6 is 0 Å². The summed E-state index contributed by atoms with van der Waals surface area (Å²) in [4.78, 5) is 7.43. The Balaban J connectivity index is 0.968. The van der Waals surface area contributed by atoms with Gasteiger partial charge in [0.2, 0.25) is 0 Å². The van der Waals surface area contributed by atoms with Crippen molar-refractivity contribution in [1.29, 1.82) is 0 Å². The third-order valence-corrected chi connectivity index (χ3v) is 11.5. The molecule has 0 amide bonds. The van der Waals surface area contributed by atoms with Crippen LogP contribution in [0.4, 0.5) is 11.4 Å². The standard InChI is InChI=1S/C51H47N5/c1-52-50(40-17-8-4-9-18-40)56(2)51(41-19-10-5-11-20-41)54-34-36-26-30-38(31-27-36)37-28-24-35(25-29-37)33-45-46-42-21-12-13-22-43(42)48-44(23-14-32-53-48)49(46)55-47(45)39-15-6-3-7-16-39/h3-31,45,47,50,52-53,55H,32-34H2,1-2H3/b54-51-/t45?,47-,50?/m1/s1. The summed E-state index contributed by atoms with van der Waals surface area (Å²) in [6, 6.07) is 59.1. The maximum absolute atomic E-state index is 5.20. The van der Waals surface area contributed by atoms with E-state index < -0.39 is 0 Å². The molecule has 3 N–H and O–H groups in total. The van der Waals surface area contributed by atoms with Gasteiger partial charge in [-0.15, -0.1) is 0 Å². The van der Waals surface area contributed by atoms with E-state index in [1.807, 2.05) is 7.05 Å². The number of anilines is 2. The highest BCUT2D eigenvalue weighted by molar-refractivity contribution is 6.07. The highest BCUT2D eigenvalue weighted by Gasteiger charge is 2.37. The van der Waals surface area contributed by atoms with Crippen LogP contribution in [-0.4, -0.2) is 31.4 Å². The Labute approximate surface area is 330 Å². The minimum Gasteiger partial charge on any atom is -0.381 e. The third-order valence-electron chi connectivity index (χ3n) is 11.5. The summed E-state index contributed by atoms with van der Waals surface area (Å²) >= 11 is 0. The second kappa shape index (κ2) is 15.7. The average Bonchev–Trinajstić information content (AvgIpc) is 3.65. The van der Waals surface area contributed by atoms with Crippen LogP contribution in [-0.2, 0) is 13.0 Å². The Morgan fingerprint density at radius 2 is 1.30 bits per heavy atom.